The van der Waals surface area contributed by atoms with E-state index in [1.165, 1.54) is 24.3 Å². The maximum atomic E-state index is 12.7. The molecule has 172 valence electrons. The van der Waals surface area contributed by atoms with Crippen molar-refractivity contribution in [3.63, 3.8) is 0 Å². The molecule has 0 saturated carbocycles. The number of methoxy groups -OCH3 is 1. The molecule has 0 heterocycles. The van der Waals surface area contributed by atoms with Crippen molar-refractivity contribution < 1.29 is 49.8 Å². The molecule has 0 aliphatic carbocycles. The van der Waals surface area contributed by atoms with Crippen molar-refractivity contribution in [2.45, 2.75) is 15.3 Å². The number of carbonyl (C=O) groups is 2. The van der Waals surface area contributed by atoms with E-state index in [4.69, 9.17) is 4.74 Å². The number of halogens is 3. The fourth-order valence-electron chi connectivity index (χ4n) is 2.26. The van der Waals surface area contributed by atoms with Crippen LogP contribution in [0.5, 0.6) is 5.75 Å². The molecular formula is C17H12F3NO9S2. The highest BCUT2D eigenvalue weighted by molar-refractivity contribution is 7.92. The number of benzene rings is 2. The van der Waals surface area contributed by atoms with E-state index >= 15 is 0 Å². The Morgan fingerprint density at radius 1 is 1.12 bits per heavy atom. The zero-order valence-electron chi connectivity index (χ0n) is 15.8. The van der Waals surface area contributed by atoms with Crippen LogP contribution in [0.25, 0.3) is 0 Å². The Hall–Kier alpha value is -3.33. The van der Waals surface area contributed by atoms with E-state index in [-0.39, 0.29) is 17.4 Å². The molecule has 0 fully saturated rings. The summed E-state index contributed by atoms with van der Waals surface area (Å²) in [6.07, 6.45) is 0. The van der Waals surface area contributed by atoms with Crippen LogP contribution in [0.1, 0.15) is 10.4 Å². The number of nitrogens with zero attached hydrogens (tertiary/aromatic N) is 1. The molecule has 0 unspecified atom stereocenters. The molecule has 2 aromatic carbocycles. The van der Waals surface area contributed by atoms with Crippen molar-refractivity contribution in [3.8, 4) is 5.75 Å². The van der Waals surface area contributed by atoms with Gasteiger partial charge in [-0.1, -0.05) is 0 Å². The summed E-state index contributed by atoms with van der Waals surface area (Å²) >= 11 is 0. The molecule has 2 rings (SSSR count). The van der Waals surface area contributed by atoms with Gasteiger partial charge in [0.15, 0.2) is 0 Å². The van der Waals surface area contributed by atoms with Gasteiger partial charge in [-0.3, -0.25) is 19.1 Å². The van der Waals surface area contributed by atoms with Gasteiger partial charge in [0, 0.05) is 6.07 Å². The van der Waals surface area contributed by atoms with Crippen LogP contribution in [0.3, 0.4) is 0 Å². The second kappa shape index (κ2) is 9.44. The Morgan fingerprint density at radius 3 is 2.22 bits per heavy atom. The average Bonchev–Trinajstić information content (AvgIpc) is 2.72. The van der Waals surface area contributed by atoms with Crippen LogP contribution >= 0.6 is 0 Å². The van der Waals surface area contributed by atoms with Gasteiger partial charge in [-0.2, -0.15) is 13.2 Å². The highest BCUT2D eigenvalue weighted by Crippen LogP contribution is 2.34. The summed E-state index contributed by atoms with van der Waals surface area (Å²) in [5.74, 6) is -2.74. The van der Waals surface area contributed by atoms with Gasteiger partial charge in [-0.25, -0.2) is 13.2 Å². The highest BCUT2D eigenvalue weighted by Gasteiger charge is 2.47. The molecule has 0 bridgehead atoms. The molecule has 0 N–H and O–H groups in total. The highest BCUT2D eigenvalue weighted by atomic mass is 32.2. The molecule has 0 spiro atoms. The summed E-state index contributed by atoms with van der Waals surface area (Å²) < 4.78 is 82.7. The van der Waals surface area contributed by atoms with E-state index in [2.05, 4.69) is 4.74 Å². The zero-order chi connectivity index (χ0) is 24.3. The number of hydrogen-bond acceptors (Lipinski definition) is 9. The smallest absolute Gasteiger partial charge is 0.465 e. The first-order valence-corrected chi connectivity index (χ1v) is 11.0. The minimum Gasteiger partial charge on any atom is -0.465 e. The van der Waals surface area contributed by atoms with Crippen molar-refractivity contribution in [1.82, 2.24) is 0 Å². The topological polar surface area (TPSA) is 147 Å². The van der Waals surface area contributed by atoms with Crippen LogP contribution in [0.4, 0.5) is 18.9 Å². The van der Waals surface area contributed by atoms with Crippen molar-refractivity contribution in [1.29, 1.82) is 0 Å². The summed E-state index contributed by atoms with van der Waals surface area (Å²) in [5, 5.41) is 11.2. The Morgan fingerprint density at radius 2 is 1.72 bits per heavy atom. The molecule has 2 aromatic rings. The van der Waals surface area contributed by atoms with E-state index in [9.17, 15) is 45.5 Å². The normalized spacial score (nSPS) is 12.6. The maximum absolute atomic E-state index is 12.7. The minimum atomic E-state index is -5.88. The number of rotatable bonds is 7. The van der Waals surface area contributed by atoms with E-state index in [1.54, 1.807) is 0 Å². The van der Waals surface area contributed by atoms with Gasteiger partial charge >= 0.3 is 17.4 Å². The molecule has 10 nitrogen and oxygen atoms in total. The SMILES string of the molecule is COC(=O)c1ccc(OC(=O)C[S@@](=O)c2ccc(S(=O)(=O)C(F)(F)F)cc2[N+](=O)[O-])cc1. The Bertz CT molecular complexity index is 1190. The van der Waals surface area contributed by atoms with Gasteiger partial charge in [0.25, 0.3) is 15.5 Å². The fraction of sp³-hybridized carbons (Fsp3) is 0.176. The molecule has 0 saturated heterocycles. The lowest BCUT2D eigenvalue weighted by molar-refractivity contribution is -0.388. The molecule has 15 heteroatoms. The lowest BCUT2D eigenvalue weighted by atomic mass is 10.2. The third-order valence-corrected chi connectivity index (χ3v) is 6.56. The number of sulfone groups is 1. The number of ether oxygens (including phenoxy) is 2. The van der Waals surface area contributed by atoms with Crippen LogP contribution in [0.2, 0.25) is 0 Å². The third kappa shape index (κ3) is 5.47. The quantitative estimate of drug-likeness (QED) is 0.244. The summed E-state index contributed by atoms with van der Waals surface area (Å²) in [6.45, 7) is 0. The largest absolute Gasteiger partial charge is 0.501 e. The molecule has 0 aromatic heterocycles. The minimum absolute atomic E-state index is 0.0548. The van der Waals surface area contributed by atoms with Gasteiger partial charge in [0.2, 0.25) is 0 Å². The summed E-state index contributed by atoms with van der Waals surface area (Å²) in [4.78, 5) is 31.2. The first kappa shape index (κ1) is 24.9. The molecule has 0 aliphatic rings. The van der Waals surface area contributed by atoms with Crippen LogP contribution in [0.15, 0.2) is 52.3 Å². The van der Waals surface area contributed by atoms with Gasteiger partial charge in [0.1, 0.15) is 16.4 Å². The van der Waals surface area contributed by atoms with Gasteiger partial charge in [0.05, 0.1) is 33.3 Å². The first-order valence-electron chi connectivity index (χ1n) is 8.15. The Kier molecular flexibility index (Phi) is 7.35. The van der Waals surface area contributed by atoms with Gasteiger partial charge < -0.3 is 9.47 Å². The molecular weight excluding hydrogens is 483 g/mol. The number of alkyl halides is 3. The van der Waals surface area contributed by atoms with Gasteiger partial charge in [-0.15, -0.1) is 0 Å². The standard InChI is InChI=1S/C17H12F3NO9S2/c1-29-16(23)10-2-4-11(5-3-10)30-15(22)9-31(26)14-7-6-12(8-13(14)21(24)25)32(27,28)17(18,19)20/h2-8H,9H2,1H3/t31-/m1/s1. The summed E-state index contributed by atoms with van der Waals surface area (Å²) in [7, 11) is -7.17. The first-order chi connectivity index (χ1) is 14.8. The van der Waals surface area contributed by atoms with Crippen molar-refractivity contribution in [3.05, 3.63) is 58.1 Å². The lowest BCUT2D eigenvalue weighted by Crippen LogP contribution is -2.23. The number of esters is 2. The van der Waals surface area contributed by atoms with E-state index < -0.39 is 64.2 Å². The monoisotopic (exact) mass is 495 g/mol. The third-order valence-electron chi connectivity index (χ3n) is 3.74. The van der Waals surface area contributed by atoms with Crippen LogP contribution in [0, 0.1) is 10.1 Å². The second-order valence-electron chi connectivity index (χ2n) is 5.82. The van der Waals surface area contributed by atoms with Crippen LogP contribution < -0.4 is 4.74 Å². The zero-order valence-corrected chi connectivity index (χ0v) is 17.5. The number of hydrogen-bond donors (Lipinski definition) is 0. The average molecular weight is 495 g/mol. The predicted octanol–water partition coefficient (Wildman–Crippen LogP) is 2.39. The molecule has 0 radical (unpaired) electrons. The number of carbonyl (C=O) groups excluding carboxylic acids is 2. The molecule has 0 aliphatic heterocycles. The fourth-order valence-corrected chi connectivity index (χ4v) is 4.05. The Labute approximate surface area is 180 Å². The predicted molar refractivity (Wildman–Crippen MR) is 101 cm³/mol. The summed E-state index contributed by atoms with van der Waals surface area (Å²) in [5.41, 5.74) is -6.72. The maximum Gasteiger partial charge on any atom is 0.501 e. The van der Waals surface area contributed by atoms with Crippen molar-refractivity contribution in [2.24, 2.45) is 0 Å². The van der Waals surface area contributed by atoms with Crippen molar-refractivity contribution >= 4 is 38.3 Å². The lowest BCUT2D eigenvalue weighted by Gasteiger charge is -2.09. The van der Waals surface area contributed by atoms with E-state index in [0.29, 0.717) is 12.1 Å². The van der Waals surface area contributed by atoms with Crippen LogP contribution in [-0.4, -0.2) is 47.9 Å². The van der Waals surface area contributed by atoms with Crippen LogP contribution in [-0.2, 0) is 30.2 Å². The molecule has 1 atom stereocenters. The van der Waals surface area contributed by atoms with Gasteiger partial charge in [-0.05, 0) is 36.4 Å². The number of nitro groups is 1. The molecule has 0 amide bonds. The van der Waals surface area contributed by atoms with E-state index in [0.717, 1.165) is 7.11 Å². The Balaban J connectivity index is 2.23. The second-order valence-corrected chi connectivity index (χ2v) is 9.18. The molecule has 32 heavy (non-hydrogen) atoms. The van der Waals surface area contributed by atoms with Crippen molar-refractivity contribution in [2.75, 3.05) is 12.9 Å². The number of nitro benzene ring substituents is 1. The summed E-state index contributed by atoms with van der Waals surface area (Å²) in [6, 6.07) is 6.09. The van der Waals surface area contributed by atoms with E-state index in [1.807, 2.05) is 0 Å².